The van der Waals surface area contributed by atoms with Gasteiger partial charge < -0.3 is 4.57 Å². The molecular weight excluding hydrogens is 146 g/mol. The van der Waals surface area contributed by atoms with Crippen LogP contribution in [0.25, 0.3) is 0 Å². The number of hydrogen-bond acceptors (Lipinski definition) is 0. The molecule has 0 bridgehead atoms. The Bertz CT molecular complexity index is 235. The summed E-state index contributed by atoms with van der Waals surface area (Å²) in [6, 6.07) is 2.29. The summed E-state index contributed by atoms with van der Waals surface area (Å²) in [5.41, 5.74) is 2.86. The van der Waals surface area contributed by atoms with Crippen LogP contribution in [0.1, 0.15) is 37.9 Å². The molecule has 0 N–H and O–H groups in total. The molecule has 0 unspecified atom stereocenters. The number of unbranched alkanes of at least 4 members (excludes halogenated alkanes) is 1. The van der Waals surface area contributed by atoms with Crippen molar-refractivity contribution in [1.29, 1.82) is 0 Å². The van der Waals surface area contributed by atoms with Crippen LogP contribution >= 0.6 is 0 Å². The molecule has 1 heterocycles. The number of hydrogen-bond donors (Lipinski definition) is 0. The van der Waals surface area contributed by atoms with Crippen molar-refractivity contribution >= 4 is 0 Å². The minimum Gasteiger partial charge on any atom is -0.351 e. The highest BCUT2D eigenvalue weighted by Crippen LogP contribution is 2.09. The van der Waals surface area contributed by atoms with Crippen LogP contribution in [0.5, 0.6) is 0 Å². The average molecular weight is 165 g/mol. The highest BCUT2D eigenvalue weighted by atomic mass is 15.0. The molecule has 0 aliphatic heterocycles. The number of aromatic nitrogens is 1. The fraction of sp³-hybridized carbons (Fsp3) is 0.636. The number of rotatable bonds is 4. The van der Waals surface area contributed by atoms with E-state index in [0.717, 1.165) is 6.42 Å². The van der Waals surface area contributed by atoms with Crippen LogP contribution in [0, 0.1) is 6.92 Å². The first-order chi connectivity index (χ1) is 5.77. The van der Waals surface area contributed by atoms with Gasteiger partial charge in [0.05, 0.1) is 0 Å². The van der Waals surface area contributed by atoms with Crippen molar-refractivity contribution in [3.8, 4) is 0 Å². The van der Waals surface area contributed by atoms with Gasteiger partial charge in [0.15, 0.2) is 0 Å². The van der Waals surface area contributed by atoms with E-state index in [0.29, 0.717) is 0 Å². The summed E-state index contributed by atoms with van der Waals surface area (Å²) < 4.78 is 2.36. The standard InChI is InChI=1S/C11H19N/c1-4-6-7-12-9-11(5-2)8-10(12)3/h8-9H,4-7H2,1-3H3. The summed E-state index contributed by atoms with van der Waals surface area (Å²) in [7, 11) is 0. The Morgan fingerprint density at radius 2 is 2.08 bits per heavy atom. The van der Waals surface area contributed by atoms with E-state index in [1.54, 1.807) is 0 Å². The summed E-state index contributed by atoms with van der Waals surface area (Å²) in [6.45, 7) is 7.82. The van der Waals surface area contributed by atoms with Crippen molar-refractivity contribution in [1.82, 2.24) is 4.57 Å². The Morgan fingerprint density at radius 3 is 2.58 bits per heavy atom. The molecule has 1 aromatic heterocycles. The second-order valence-corrected chi connectivity index (χ2v) is 3.39. The van der Waals surface area contributed by atoms with E-state index < -0.39 is 0 Å². The van der Waals surface area contributed by atoms with Crippen molar-refractivity contribution in [2.24, 2.45) is 0 Å². The third-order valence-electron chi connectivity index (χ3n) is 2.33. The van der Waals surface area contributed by atoms with Gasteiger partial charge in [-0.3, -0.25) is 0 Å². The largest absolute Gasteiger partial charge is 0.351 e. The summed E-state index contributed by atoms with van der Waals surface area (Å²) in [4.78, 5) is 0. The van der Waals surface area contributed by atoms with Crippen molar-refractivity contribution < 1.29 is 0 Å². The Balaban J connectivity index is 2.64. The summed E-state index contributed by atoms with van der Waals surface area (Å²) >= 11 is 0. The number of aryl methyl sites for hydroxylation is 3. The van der Waals surface area contributed by atoms with Crippen LogP contribution in [0.15, 0.2) is 12.3 Å². The highest BCUT2D eigenvalue weighted by Gasteiger charge is 1.98. The summed E-state index contributed by atoms with van der Waals surface area (Å²) in [5.74, 6) is 0. The van der Waals surface area contributed by atoms with E-state index in [4.69, 9.17) is 0 Å². The van der Waals surface area contributed by atoms with Crippen molar-refractivity contribution in [2.45, 2.75) is 46.6 Å². The van der Waals surface area contributed by atoms with Crippen molar-refractivity contribution in [2.75, 3.05) is 0 Å². The van der Waals surface area contributed by atoms with E-state index >= 15 is 0 Å². The molecule has 1 rings (SSSR count). The van der Waals surface area contributed by atoms with Gasteiger partial charge in [-0.15, -0.1) is 0 Å². The SMILES string of the molecule is CCCCn1cc(CC)cc1C. The van der Waals surface area contributed by atoms with Gasteiger partial charge in [0.2, 0.25) is 0 Å². The van der Waals surface area contributed by atoms with Gasteiger partial charge in [-0.2, -0.15) is 0 Å². The summed E-state index contributed by atoms with van der Waals surface area (Å²) in [5, 5.41) is 0. The van der Waals surface area contributed by atoms with Crippen molar-refractivity contribution in [3.05, 3.63) is 23.5 Å². The van der Waals surface area contributed by atoms with Gasteiger partial charge in [-0.1, -0.05) is 20.3 Å². The lowest BCUT2D eigenvalue weighted by molar-refractivity contribution is 0.621. The lowest BCUT2D eigenvalue weighted by Crippen LogP contribution is -1.97. The molecule has 0 saturated carbocycles. The van der Waals surface area contributed by atoms with Gasteiger partial charge >= 0.3 is 0 Å². The van der Waals surface area contributed by atoms with Crippen LogP contribution in [-0.4, -0.2) is 4.57 Å². The minimum absolute atomic E-state index is 1.15. The number of nitrogens with zero attached hydrogens (tertiary/aromatic N) is 1. The third-order valence-corrected chi connectivity index (χ3v) is 2.33. The Kier molecular flexibility index (Phi) is 3.39. The monoisotopic (exact) mass is 165 g/mol. The van der Waals surface area contributed by atoms with Gasteiger partial charge in [0, 0.05) is 18.4 Å². The first kappa shape index (κ1) is 9.37. The molecule has 68 valence electrons. The predicted octanol–water partition coefficient (Wildman–Crippen LogP) is 3.16. The Hall–Kier alpha value is -0.720. The highest BCUT2D eigenvalue weighted by molar-refractivity contribution is 5.17. The van der Waals surface area contributed by atoms with Gasteiger partial charge in [0.1, 0.15) is 0 Å². The molecule has 1 nitrogen and oxygen atoms in total. The maximum absolute atomic E-state index is 2.36. The van der Waals surface area contributed by atoms with Crippen LogP contribution in [-0.2, 0) is 13.0 Å². The molecule has 0 amide bonds. The molecule has 1 aromatic rings. The van der Waals surface area contributed by atoms with Gasteiger partial charge in [-0.25, -0.2) is 0 Å². The van der Waals surface area contributed by atoms with Gasteiger partial charge in [0.25, 0.3) is 0 Å². The first-order valence-electron chi connectivity index (χ1n) is 4.93. The van der Waals surface area contributed by atoms with E-state index in [1.165, 1.54) is 30.6 Å². The molecule has 0 aromatic carbocycles. The van der Waals surface area contributed by atoms with E-state index in [9.17, 15) is 0 Å². The Labute approximate surface area is 75.4 Å². The molecule has 0 radical (unpaired) electrons. The van der Waals surface area contributed by atoms with E-state index in [2.05, 4.69) is 37.6 Å². The molecule has 1 heteroatoms. The topological polar surface area (TPSA) is 4.93 Å². The van der Waals surface area contributed by atoms with Crippen LogP contribution in [0.3, 0.4) is 0 Å². The lowest BCUT2D eigenvalue weighted by Gasteiger charge is -2.03. The summed E-state index contributed by atoms with van der Waals surface area (Å²) in [6.07, 6.45) is 6.00. The molecular formula is C11H19N. The molecule has 12 heavy (non-hydrogen) atoms. The fourth-order valence-electron chi connectivity index (χ4n) is 1.45. The smallest absolute Gasteiger partial charge is 0.0222 e. The van der Waals surface area contributed by atoms with Gasteiger partial charge in [-0.05, 0) is 31.4 Å². The molecule has 0 aliphatic carbocycles. The second kappa shape index (κ2) is 4.34. The molecule has 0 atom stereocenters. The van der Waals surface area contributed by atoms with Crippen LogP contribution in [0.2, 0.25) is 0 Å². The lowest BCUT2D eigenvalue weighted by atomic mass is 10.2. The van der Waals surface area contributed by atoms with E-state index in [-0.39, 0.29) is 0 Å². The quantitative estimate of drug-likeness (QED) is 0.646. The zero-order valence-electron chi connectivity index (χ0n) is 8.43. The normalized spacial score (nSPS) is 10.6. The molecule has 0 aliphatic rings. The third kappa shape index (κ3) is 2.13. The first-order valence-corrected chi connectivity index (χ1v) is 4.93. The predicted molar refractivity (Wildman–Crippen MR) is 53.5 cm³/mol. The maximum Gasteiger partial charge on any atom is 0.0222 e. The molecule has 0 saturated heterocycles. The zero-order chi connectivity index (χ0) is 8.97. The van der Waals surface area contributed by atoms with Crippen LogP contribution < -0.4 is 0 Å². The van der Waals surface area contributed by atoms with Crippen LogP contribution in [0.4, 0.5) is 0 Å². The fourth-order valence-corrected chi connectivity index (χ4v) is 1.45. The minimum atomic E-state index is 1.15. The average Bonchev–Trinajstić information content (AvgIpc) is 2.43. The van der Waals surface area contributed by atoms with E-state index in [1.807, 2.05) is 0 Å². The maximum atomic E-state index is 2.36. The second-order valence-electron chi connectivity index (χ2n) is 3.39. The Morgan fingerprint density at radius 1 is 1.33 bits per heavy atom. The molecule has 0 fully saturated rings. The van der Waals surface area contributed by atoms with Crippen molar-refractivity contribution in [3.63, 3.8) is 0 Å². The molecule has 0 spiro atoms. The zero-order valence-corrected chi connectivity index (χ0v) is 8.43.